The van der Waals surface area contributed by atoms with Crippen LogP contribution in [0.4, 0.5) is 0 Å². The van der Waals surface area contributed by atoms with Crippen LogP contribution in [0.15, 0.2) is 0 Å². The molecule has 1 nitrogen and oxygen atoms in total. The van der Waals surface area contributed by atoms with Gasteiger partial charge in [0.2, 0.25) is 0 Å². The Morgan fingerprint density at radius 2 is 1.90 bits per heavy atom. The molecule has 60 valence electrons. The predicted molar refractivity (Wildman–Crippen MR) is 45.1 cm³/mol. The maximum Gasteiger partial charge on any atom is 0.00965 e. The van der Waals surface area contributed by atoms with Crippen LogP contribution in [0.1, 0.15) is 40.0 Å². The van der Waals surface area contributed by atoms with E-state index >= 15 is 0 Å². The van der Waals surface area contributed by atoms with Gasteiger partial charge >= 0.3 is 0 Å². The third kappa shape index (κ3) is 3.89. The van der Waals surface area contributed by atoms with Crippen molar-refractivity contribution in [3.8, 4) is 0 Å². The molecule has 0 spiro atoms. The Morgan fingerprint density at radius 3 is 2.30 bits per heavy atom. The van der Waals surface area contributed by atoms with Gasteiger partial charge in [0.05, 0.1) is 0 Å². The van der Waals surface area contributed by atoms with E-state index in [9.17, 15) is 0 Å². The Morgan fingerprint density at radius 1 is 1.30 bits per heavy atom. The monoisotopic (exact) mass is 141 g/mol. The molecule has 0 radical (unpaired) electrons. The summed E-state index contributed by atoms with van der Waals surface area (Å²) < 4.78 is 0. The van der Waals surface area contributed by atoms with Crippen molar-refractivity contribution in [3.63, 3.8) is 0 Å². The Bertz CT molecular complexity index is 97.8. The van der Waals surface area contributed by atoms with E-state index in [0.717, 1.165) is 5.92 Å². The van der Waals surface area contributed by atoms with Gasteiger partial charge in [-0.05, 0) is 39.7 Å². The highest BCUT2D eigenvalue weighted by molar-refractivity contribution is 4.76. The van der Waals surface area contributed by atoms with Crippen LogP contribution in [-0.4, -0.2) is 12.1 Å². The summed E-state index contributed by atoms with van der Waals surface area (Å²) >= 11 is 0. The summed E-state index contributed by atoms with van der Waals surface area (Å²) in [4.78, 5) is 0. The molecule has 0 aliphatic heterocycles. The molecule has 0 atom stereocenters. The van der Waals surface area contributed by atoms with E-state index in [-0.39, 0.29) is 0 Å². The fourth-order valence-corrected chi connectivity index (χ4v) is 1.06. The highest BCUT2D eigenvalue weighted by atomic mass is 14.9. The lowest BCUT2D eigenvalue weighted by molar-refractivity contribution is 0.416. The second-order valence-corrected chi connectivity index (χ2v) is 4.41. The van der Waals surface area contributed by atoms with Crippen molar-refractivity contribution in [2.24, 2.45) is 5.92 Å². The van der Waals surface area contributed by atoms with Crippen molar-refractivity contribution in [3.05, 3.63) is 0 Å². The molecule has 1 heteroatoms. The summed E-state index contributed by atoms with van der Waals surface area (Å²) in [5.41, 5.74) is 0.314. The topological polar surface area (TPSA) is 12.0 Å². The van der Waals surface area contributed by atoms with Crippen molar-refractivity contribution in [1.29, 1.82) is 0 Å². The van der Waals surface area contributed by atoms with Gasteiger partial charge in [0.15, 0.2) is 0 Å². The van der Waals surface area contributed by atoms with Crippen molar-refractivity contribution >= 4 is 0 Å². The van der Waals surface area contributed by atoms with Gasteiger partial charge in [-0.1, -0.05) is 12.8 Å². The molecule has 0 aromatic carbocycles. The van der Waals surface area contributed by atoms with E-state index in [0.29, 0.717) is 5.54 Å². The molecule has 1 saturated carbocycles. The highest BCUT2D eigenvalue weighted by Crippen LogP contribution is 2.31. The SMILES string of the molecule is CC(C)(C)NCCC1CC1. The lowest BCUT2D eigenvalue weighted by Gasteiger charge is -2.20. The maximum atomic E-state index is 3.49. The summed E-state index contributed by atoms with van der Waals surface area (Å²) in [7, 11) is 0. The van der Waals surface area contributed by atoms with E-state index in [1.807, 2.05) is 0 Å². The van der Waals surface area contributed by atoms with Gasteiger partial charge in [-0.3, -0.25) is 0 Å². The second kappa shape index (κ2) is 2.91. The molecule has 1 aliphatic rings. The fourth-order valence-electron chi connectivity index (χ4n) is 1.06. The molecule has 1 N–H and O–H groups in total. The number of hydrogen-bond donors (Lipinski definition) is 1. The van der Waals surface area contributed by atoms with Crippen LogP contribution in [-0.2, 0) is 0 Å². The third-order valence-corrected chi connectivity index (χ3v) is 1.90. The van der Waals surface area contributed by atoms with E-state index in [2.05, 4.69) is 26.1 Å². The van der Waals surface area contributed by atoms with Crippen LogP contribution in [0, 0.1) is 5.92 Å². The van der Waals surface area contributed by atoms with Gasteiger partial charge in [0, 0.05) is 5.54 Å². The number of nitrogens with one attached hydrogen (secondary N) is 1. The molecule has 1 rings (SSSR count). The van der Waals surface area contributed by atoms with Crippen molar-refractivity contribution in [2.75, 3.05) is 6.54 Å². The van der Waals surface area contributed by atoms with Crippen LogP contribution in [0.5, 0.6) is 0 Å². The minimum absolute atomic E-state index is 0.314. The third-order valence-electron chi connectivity index (χ3n) is 1.90. The van der Waals surface area contributed by atoms with Crippen LogP contribution < -0.4 is 5.32 Å². The first-order chi connectivity index (χ1) is 4.58. The van der Waals surface area contributed by atoms with E-state index in [4.69, 9.17) is 0 Å². The molecule has 1 fully saturated rings. The second-order valence-electron chi connectivity index (χ2n) is 4.41. The van der Waals surface area contributed by atoms with E-state index in [1.54, 1.807) is 0 Å². The molecule has 10 heavy (non-hydrogen) atoms. The highest BCUT2D eigenvalue weighted by Gasteiger charge is 2.21. The van der Waals surface area contributed by atoms with Crippen LogP contribution in [0.3, 0.4) is 0 Å². The number of rotatable bonds is 3. The quantitative estimate of drug-likeness (QED) is 0.635. The van der Waals surface area contributed by atoms with Crippen molar-refractivity contribution < 1.29 is 0 Å². The zero-order valence-corrected chi connectivity index (χ0v) is 7.41. The predicted octanol–water partition coefficient (Wildman–Crippen LogP) is 2.17. The lowest BCUT2D eigenvalue weighted by Crippen LogP contribution is -2.36. The smallest absolute Gasteiger partial charge is 0.00965 e. The summed E-state index contributed by atoms with van der Waals surface area (Å²) in [6.45, 7) is 7.87. The molecule has 0 aromatic heterocycles. The van der Waals surface area contributed by atoms with Crippen molar-refractivity contribution in [2.45, 2.75) is 45.6 Å². The average molecular weight is 141 g/mol. The first kappa shape index (κ1) is 8.06. The molecule has 0 amide bonds. The molecular formula is C9H19N. The Labute approximate surface area is 64.2 Å². The standard InChI is InChI=1S/C9H19N/c1-9(2,3)10-7-6-8-4-5-8/h8,10H,4-7H2,1-3H3. The maximum absolute atomic E-state index is 3.49. The van der Waals surface area contributed by atoms with Gasteiger partial charge in [0.25, 0.3) is 0 Å². The molecule has 0 heterocycles. The first-order valence-electron chi connectivity index (χ1n) is 4.33. The summed E-state index contributed by atoms with van der Waals surface area (Å²) in [6, 6.07) is 0. The van der Waals surface area contributed by atoms with Gasteiger partial charge < -0.3 is 5.32 Å². The van der Waals surface area contributed by atoms with E-state index < -0.39 is 0 Å². The summed E-state index contributed by atoms with van der Waals surface area (Å²) in [5.74, 6) is 1.06. The molecule has 0 saturated heterocycles. The minimum Gasteiger partial charge on any atom is -0.312 e. The summed E-state index contributed by atoms with van der Waals surface area (Å²) in [6.07, 6.45) is 4.34. The zero-order valence-electron chi connectivity index (χ0n) is 7.41. The van der Waals surface area contributed by atoms with Crippen molar-refractivity contribution in [1.82, 2.24) is 5.32 Å². The molecule has 1 aliphatic carbocycles. The molecule has 0 bridgehead atoms. The Balaban J connectivity index is 1.93. The van der Waals surface area contributed by atoms with Gasteiger partial charge in [-0.15, -0.1) is 0 Å². The normalized spacial score (nSPS) is 19.5. The van der Waals surface area contributed by atoms with Gasteiger partial charge in [0.1, 0.15) is 0 Å². The molecule has 0 aromatic rings. The van der Waals surface area contributed by atoms with Gasteiger partial charge in [-0.2, -0.15) is 0 Å². The van der Waals surface area contributed by atoms with E-state index in [1.165, 1.54) is 25.8 Å². The molecule has 0 unspecified atom stereocenters. The van der Waals surface area contributed by atoms with Crippen LogP contribution >= 0.6 is 0 Å². The van der Waals surface area contributed by atoms with Crippen LogP contribution in [0.2, 0.25) is 0 Å². The molecular weight excluding hydrogens is 122 g/mol. The van der Waals surface area contributed by atoms with Gasteiger partial charge in [-0.25, -0.2) is 0 Å². The Hall–Kier alpha value is -0.0400. The van der Waals surface area contributed by atoms with Crippen LogP contribution in [0.25, 0.3) is 0 Å². The average Bonchev–Trinajstić information content (AvgIpc) is 2.45. The number of hydrogen-bond acceptors (Lipinski definition) is 1. The lowest BCUT2D eigenvalue weighted by atomic mass is 10.1. The minimum atomic E-state index is 0.314. The zero-order chi connectivity index (χ0) is 7.61. The fraction of sp³-hybridized carbons (Fsp3) is 1.00. The first-order valence-corrected chi connectivity index (χ1v) is 4.33. The Kier molecular flexibility index (Phi) is 2.35. The summed E-state index contributed by atoms with van der Waals surface area (Å²) in [5, 5.41) is 3.49. The largest absolute Gasteiger partial charge is 0.312 e.